The Labute approximate surface area is 172 Å². The average molecular weight is 412 g/mol. The van der Waals surface area contributed by atoms with Crippen LogP contribution in [0.25, 0.3) is 21.9 Å². The standard InChI is InChI=1S/C23H24O7/c1-10(2)5-6-11-18(26)17-19(27)16-13(24)7-8-14(25)22(16)30-21(17)12-9-15(23(3,4)28)29-20(11)12/h5,7-8,15,24-26,28H,6,9H2,1-4H3. The van der Waals surface area contributed by atoms with E-state index in [9.17, 15) is 25.2 Å². The molecule has 1 atom stereocenters. The minimum absolute atomic E-state index is 0.0774. The Hall–Kier alpha value is -3.19. The summed E-state index contributed by atoms with van der Waals surface area (Å²) >= 11 is 0. The molecule has 1 aromatic heterocycles. The highest BCUT2D eigenvalue weighted by Gasteiger charge is 2.39. The lowest BCUT2D eigenvalue weighted by Crippen LogP contribution is -2.39. The maximum Gasteiger partial charge on any atom is 0.208 e. The average Bonchev–Trinajstić information content (AvgIpc) is 3.10. The molecule has 2 aromatic carbocycles. The first kappa shape index (κ1) is 20.1. The number of phenols is 3. The van der Waals surface area contributed by atoms with Crippen molar-refractivity contribution in [2.24, 2.45) is 0 Å². The van der Waals surface area contributed by atoms with Crippen LogP contribution in [0.1, 0.15) is 38.8 Å². The SMILES string of the molecule is CC(C)=CCc1c2c(c3oc4c(O)ccc(O)c4c(=O)c3c1O)CC(C(C)(C)O)O2. The first-order valence-corrected chi connectivity index (χ1v) is 9.71. The largest absolute Gasteiger partial charge is 0.507 e. The summed E-state index contributed by atoms with van der Waals surface area (Å²) in [5.74, 6) is -0.584. The van der Waals surface area contributed by atoms with Crippen LogP contribution in [0.3, 0.4) is 0 Å². The van der Waals surface area contributed by atoms with E-state index in [2.05, 4.69) is 0 Å². The molecule has 7 heteroatoms. The molecule has 158 valence electrons. The third-order valence-corrected chi connectivity index (χ3v) is 5.50. The molecular formula is C23H24O7. The van der Waals surface area contributed by atoms with Crippen LogP contribution in [0, 0.1) is 0 Å². The quantitative estimate of drug-likeness (QED) is 0.294. The zero-order valence-corrected chi connectivity index (χ0v) is 17.2. The maximum absolute atomic E-state index is 13.3. The van der Waals surface area contributed by atoms with Gasteiger partial charge in [-0.1, -0.05) is 11.6 Å². The molecule has 0 spiro atoms. The molecule has 1 aliphatic heterocycles. The zero-order valence-electron chi connectivity index (χ0n) is 17.2. The third-order valence-electron chi connectivity index (χ3n) is 5.50. The Balaban J connectivity index is 2.14. The number of allylic oxidation sites excluding steroid dienone is 2. The van der Waals surface area contributed by atoms with Crippen LogP contribution in [0.4, 0.5) is 0 Å². The van der Waals surface area contributed by atoms with Gasteiger partial charge in [0, 0.05) is 17.5 Å². The van der Waals surface area contributed by atoms with Gasteiger partial charge in [0.05, 0.1) is 5.60 Å². The van der Waals surface area contributed by atoms with Gasteiger partial charge in [-0.2, -0.15) is 0 Å². The normalized spacial score (nSPS) is 16.0. The summed E-state index contributed by atoms with van der Waals surface area (Å²) in [7, 11) is 0. The Morgan fingerprint density at radius 2 is 1.80 bits per heavy atom. The van der Waals surface area contributed by atoms with Gasteiger partial charge in [0.2, 0.25) is 5.43 Å². The van der Waals surface area contributed by atoms with Crippen LogP contribution in [-0.2, 0) is 12.8 Å². The lowest BCUT2D eigenvalue weighted by Gasteiger charge is -2.24. The molecule has 30 heavy (non-hydrogen) atoms. The van der Waals surface area contributed by atoms with E-state index < -0.39 is 17.1 Å². The highest BCUT2D eigenvalue weighted by molar-refractivity contribution is 6.00. The molecule has 0 saturated heterocycles. The number of rotatable bonds is 3. The fraction of sp³-hybridized carbons (Fsp3) is 0.348. The summed E-state index contributed by atoms with van der Waals surface area (Å²) in [5, 5.41) is 41.6. The van der Waals surface area contributed by atoms with Crippen molar-refractivity contribution >= 4 is 21.9 Å². The van der Waals surface area contributed by atoms with E-state index in [0.29, 0.717) is 23.3 Å². The smallest absolute Gasteiger partial charge is 0.208 e. The van der Waals surface area contributed by atoms with E-state index in [1.54, 1.807) is 13.8 Å². The highest BCUT2D eigenvalue weighted by atomic mass is 16.5. The summed E-state index contributed by atoms with van der Waals surface area (Å²) in [4.78, 5) is 13.3. The van der Waals surface area contributed by atoms with E-state index in [1.165, 1.54) is 12.1 Å². The van der Waals surface area contributed by atoms with Gasteiger partial charge in [0.25, 0.3) is 0 Å². The van der Waals surface area contributed by atoms with E-state index in [-0.39, 0.29) is 45.6 Å². The minimum Gasteiger partial charge on any atom is -0.507 e. The first-order valence-electron chi connectivity index (χ1n) is 9.71. The molecule has 0 radical (unpaired) electrons. The molecule has 2 heterocycles. The number of phenolic OH excluding ortho intramolecular Hbond substituents is 3. The van der Waals surface area contributed by atoms with Crippen molar-refractivity contribution in [3.05, 3.63) is 45.1 Å². The highest BCUT2D eigenvalue weighted by Crippen LogP contribution is 2.47. The number of benzene rings is 2. The number of aliphatic hydroxyl groups is 1. The number of aromatic hydroxyl groups is 3. The van der Waals surface area contributed by atoms with Crippen LogP contribution in [0.5, 0.6) is 23.0 Å². The summed E-state index contributed by atoms with van der Waals surface area (Å²) in [6.07, 6.45) is 1.86. The van der Waals surface area contributed by atoms with Crippen LogP contribution in [0.2, 0.25) is 0 Å². The van der Waals surface area contributed by atoms with Gasteiger partial charge in [0.15, 0.2) is 11.3 Å². The molecule has 1 aliphatic rings. The topological polar surface area (TPSA) is 120 Å². The first-order chi connectivity index (χ1) is 14.0. The fourth-order valence-corrected chi connectivity index (χ4v) is 3.82. The second-order valence-corrected chi connectivity index (χ2v) is 8.53. The van der Waals surface area contributed by atoms with Crippen molar-refractivity contribution < 1.29 is 29.6 Å². The molecule has 0 amide bonds. The number of fused-ring (bicyclic) bond motifs is 4. The molecule has 7 nitrogen and oxygen atoms in total. The van der Waals surface area contributed by atoms with Gasteiger partial charge in [-0.25, -0.2) is 0 Å². The predicted octanol–water partition coefficient (Wildman–Crippen LogP) is 3.65. The van der Waals surface area contributed by atoms with Crippen molar-refractivity contribution in [3.63, 3.8) is 0 Å². The van der Waals surface area contributed by atoms with Crippen LogP contribution in [-0.4, -0.2) is 32.1 Å². The van der Waals surface area contributed by atoms with Gasteiger partial charge in [0.1, 0.15) is 39.7 Å². The fourth-order valence-electron chi connectivity index (χ4n) is 3.82. The number of ether oxygens (including phenoxy) is 1. The van der Waals surface area contributed by atoms with Crippen molar-refractivity contribution in [2.45, 2.75) is 52.2 Å². The molecule has 0 bridgehead atoms. The van der Waals surface area contributed by atoms with E-state index >= 15 is 0 Å². The zero-order chi connectivity index (χ0) is 22.0. The van der Waals surface area contributed by atoms with Gasteiger partial charge in [-0.3, -0.25) is 4.79 Å². The Morgan fingerprint density at radius 1 is 1.13 bits per heavy atom. The molecule has 0 aliphatic carbocycles. The van der Waals surface area contributed by atoms with Crippen molar-refractivity contribution in [1.29, 1.82) is 0 Å². The van der Waals surface area contributed by atoms with Gasteiger partial charge < -0.3 is 29.6 Å². The number of hydrogen-bond acceptors (Lipinski definition) is 7. The lowest BCUT2D eigenvalue weighted by atomic mass is 9.94. The maximum atomic E-state index is 13.3. The molecular weight excluding hydrogens is 388 g/mol. The van der Waals surface area contributed by atoms with Crippen molar-refractivity contribution in [2.75, 3.05) is 0 Å². The molecule has 3 aromatic rings. The third kappa shape index (κ3) is 2.97. The molecule has 0 saturated carbocycles. The van der Waals surface area contributed by atoms with E-state index in [1.807, 2.05) is 19.9 Å². The Bertz CT molecular complexity index is 1270. The second kappa shape index (κ2) is 6.67. The molecule has 4 N–H and O–H groups in total. The Kier molecular flexibility index (Phi) is 4.47. The van der Waals surface area contributed by atoms with Gasteiger partial charge in [-0.15, -0.1) is 0 Å². The summed E-state index contributed by atoms with van der Waals surface area (Å²) in [6.45, 7) is 7.08. The van der Waals surface area contributed by atoms with Crippen LogP contribution >= 0.6 is 0 Å². The number of hydrogen-bond donors (Lipinski definition) is 4. The molecule has 1 unspecified atom stereocenters. The monoisotopic (exact) mass is 412 g/mol. The summed E-state index contributed by atoms with van der Waals surface area (Å²) < 4.78 is 11.9. The van der Waals surface area contributed by atoms with E-state index in [0.717, 1.165) is 5.57 Å². The second-order valence-electron chi connectivity index (χ2n) is 8.53. The summed E-state index contributed by atoms with van der Waals surface area (Å²) in [6, 6.07) is 2.42. The minimum atomic E-state index is -1.17. The molecule has 0 fully saturated rings. The van der Waals surface area contributed by atoms with E-state index in [4.69, 9.17) is 9.15 Å². The van der Waals surface area contributed by atoms with Crippen LogP contribution < -0.4 is 10.2 Å². The molecule has 4 rings (SSSR count). The van der Waals surface area contributed by atoms with Gasteiger partial charge in [-0.05, 0) is 46.2 Å². The summed E-state index contributed by atoms with van der Waals surface area (Å²) in [5.41, 5.74) is 0.0577. The lowest BCUT2D eigenvalue weighted by molar-refractivity contribution is -0.0232. The van der Waals surface area contributed by atoms with Gasteiger partial charge >= 0.3 is 0 Å². The predicted molar refractivity (Wildman–Crippen MR) is 113 cm³/mol. The van der Waals surface area contributed by atoms with Crippen molar-refractivity contribution in [1.82, 2.24) is 0 Å². The van der Waals surface area contributed by atoms with Crippen molar-refractivity contribution in [3.8, 4) is 23.0 Å². The van der Waals surface area contributed by atoms with Crippen LogP contribution in [0.15, 0.2) is 33.0 Å². The Morgan fingerprint density at radius 3 is 2.43 bits per heavy atom.